The molecule has 0 aromatic heterocycles. The Hall–Kier alpha value is -2.87. The number of methoxy groups -OCH3 is 1. The molecule has 2 amide bonds. The maximum atomic E-state index is 12.7. The molecule has 2 aromatic rings. The lowest BCUT2D eigenvalue weighted by atomic mass is 10.1. The maximum Gasteiger partial charge on any atom is 0.224 e. The number of rotatable bonds is 7. The molecule has 0 saturated heterocycles. The lowest BCUT2D eigenvalue weighted by Gasteiger charge is -2.20. The monoisotopic (exact) mass is 430 g/mol. The second kappa shape index (κ2) is 8.87. The number of fused-ring (bicyclic) bond motifs is 1. The van der Waals surface area contributed by atoms with Crippen LogP contribution < -0.4 is 15.0 Å². The molecule has 2 aromatic carbocycles. The molecule has 1 aliphatic rings. The number of nitrogens with zero attached hydrogens (tertiary/aromatic N) is 1. The highest BCUT2D eigenvalue weighted by atomic mass is 32.2. The molecule has 1 aliphatic heterocycles. The van der Waals surface area contributed by atoms with Crippen molar-refractivity contribution < 1.29 is 22.7 Å². The Balaban J connectivity index is 1.59. The highest BCUT2D eigenvalue weighted by molar-refractivity contribution is 7.91. The van der Waals surface area contributed by atoms with Gasteiger partial charge in [-0.25, -0.2) is 8.42 Å². The summed E-state index contributed by atoms with van der Waals surface area (Å²) in [7, 11) is -2.02. The smallest absolute Gasteiger partial charge is 0.224 e. The summed E-state index contributed by atoms with van der Waals surface area (Å²) in [6, 6.07) is 12.1. The van der Waals surface area contributed by atoms with Gasteiger partial charge in [-0.15, -0.1) is 0 Å². The lowest BCUT2D eigenvalue weighted by molar-refractivity contribution is -0.121. The van der Waals surface area contributed by atoms with E-state index >= 15 is 0 Å². The van der Waals surface area contributed by atoms with E-state index in [0.29, 0.717) is 13.0 Å². The van der Waals surface area contributed by atoms with Gasteiger partial charge in [0, 0.05) is 31.6 Å². The summed E-state index contributed by atoms with van der Waals surface area (Å²) in [4.78, 5) is 25.8. The predicted octanol–water partition coefficient (Wildman–Crippen LogP) is 2.47. The van der Waals surface area contributed by atoms with Gasteiger partial charge in [0.15, 0.2) is 9.84 Å². The maximum absolute atomic E-state index is 12.7. The molecule has 160 valence electrons. The molecule has 0 radical (unpaired) electrons. The summed E-state index contributed by atoms with van der Waals surface area (Å²) in [6.45, 7) is 3.75. The molecule has 1 N–H and O–H groups in total. The summed E-state index contributed by atoms with van der Waals surface area (Å²) in [5.41, 5.74) is 2.49. The van der Waals surface area contributed by atoms with E-state index < -0.39 is 9.84 Å². The Morgan fingerprint density at radius 1 is 1.17 bits per heavy atom. The van der Waals surface area contributed by atoms with E-state index in [1.807, 2.05) is 19.1 Å². The number of nitrogens with one attached hydrogen (secondary N) is 1. The van der Waals surface area contributed by atoms with Gasteiger partial charge in [0.2, 0.25) is 11.8 Å². The van der Waals surface area contributed by atoms with Crippen molar-refractivity contribution in [1.29, 1.82) is 0 Å². The van der Waals surface area contributed by atoms with Crippen LogP contribution in [0.25, 0.3) is 0 Å². The quantitative estimate of drug-likeness (QED) is 0.729. The first kappa shape index (κ1) is 21.8. The first-order valence-corrected chi connectivity index (χ1v) is 11.4. The van der Waals surface area contributed by atoms with Gasteiger partial charge in [0.25, 0.3) is 0 Å². The van der Waals surface area contributed by atoms with Crippen LogP contribution in [0, 0.1) is 0 Å². The first-order valence-electron chi connectivity index (χ1n) is 9.76. The zero-order valence-electron chi connectivity index (χ0n) is 17.3. The van der Waals surface area contributed by atoms with Crippen molar-refractivity contribution in [2.24, 2.45) is 0 Å². The van der Waals surface area contributed by atoms with Crippen LogP contribution in [0.3, 0.4) is 0 Å². The minimum Gasteiger partial charge on any atom is -0.497 e. The van der Waals surface area contributed by atoms with Crippen molar-refractivity contribution in [3.8, 4) is 5.75 Å². The van der Waals surface area contributed by atoms with E-state index in [0.717, 1.165) is 22.6 Å². The van der Waals surface area contributed by atoms with E-state index in [-0.39, 0.29) is 34.9 Å². The average molecular weight is 431 g/mol. The number of ether oxygens (including phenoxy) is 1. The van der Waals surface area contributed by atoms with Gasteiger partial charge in [-0.2, -0.15) is 0 Å². The molecule has 0 saturated carbocycles. The number of amides is 2. The topological polar surface area (TPSA) is 92.8 Å². The highest BCUT2D eigenvalue weighted by Crippen LogP contribution is 2.34. The zero-order valence-corrected chi connectivity index (χ0v) is 18.2. The van der Waals surface area contributed by atoms with Crippen LogP contribution in [0.2, 0.25) is 0 Å². The number of benzene rings is 2. The minimum atomic E-state index is -3.60. The molecule has 30 heavy (non-hydrogen) atoms. The molecule has 7 nitrogen and oxygen atoms in total. The fourth-order valence-electron chi connectivity index (χ4n) is 3.66. The fourth-order valence-corrected chi connectivity index (χ4v) is 4.95. The summed E-state index contributed by atoms with van der Waals surface area (Å²) >= 11 is 0. The van der Waals surface area contributed by atoms with Crippen LogP contribution in [0.1, 0.15) is 31.4 Å². The Morgan fingerprint density at radius 3 is 2.50 bits per heavy atom. The summed E-state index contributed by atoms with van der Waals surface area (Å²) < 4.78 is 30.5. The minimum absolute atomic E-state index is 0.000753. The number of sulfone groups is 1. The van der Waals surface area contributed by atoms with Gasteiger partial charge in [0.1, 0.15) is 5.75 Å². The van der Waals surface area contributed by atoms with E-state index in [2.05, 4.69) is 5.32 Å². The standard InChI is InChI=1S/C22H26N2O5S/c1-15-12-18-13-20(8-9-21(18)24(15)16(2)25)30(27,28)11-10-22(26)23-14-17-4-6-19(29-3)7-5-17/h4-9,13,15H,10-12,14H2,1-3H3,(H,23,26)/t15-/m1/s1. The third kappa shape index (κ3) is 4.81. The van der Waals surface area contributed by atoms with E-state index in [9.17, 15) is 18.0 Å². The van der Waals surface area contributed by atoms with E-state index in [4.69, 9.17) is 4.74 Å². The first-order chi connectivity index (χ1) is 14.2. The van der Waals surface area contributed by atoms with Crippen LogP contribution in [0.5, 0.6) is 5.75 Å². The number of carbonyl (C=O) groups excluding carboxylic acids is 2. The summed E-state index contributed by atoms with van der Waals surface area (Å²) in [6.07, 6.45) is 0.492. The lowest BCUT2D eigenvalue weighted by Crippen LogP contribution is -2.33. The molecule has 0 aliphatic carbocycles. The van der Waals surface area contributed by atoms with Gasteiger partial charge in [-0.3, -0.25) is 9.59 Å². The number of hydrogen-bond acceptors (Lipinski definition) is 5. The summed E-state index contributed by atoms with van der Waals surface area (Å²) in [5.74, 6) is 0.0651. The Kier molecular flexibility index (Phi) is 6.45. The van der Waals surface area contributed by atoms with Crippen LogP contribution in [-0.2, 0) is 32.4 Å². The molecule has 3 rings (SSSR count). The highest BCUT2D eigenvalue weighted by Gasteiger charge is 2.30. The van der Waals surface area contributed by atoms with Crippen LogP contribution >= 0.6 is 0 Å². The largest absolute Gasteiger partial charge is 0.497 e. The van der Waals surface area contributed by atoms with Crippen molar-refractivity contribution >= 4 is 27.3 Å². The van der Waals surface area contributed by atoms with Gasteiger partial charge >= 0.3 is 0 Å². The third-order valence-corrected chi connectivity index (χ3v) is 6.93. The number of hydrogen-bond donors (Lipinski definition) is 1. The fraction of sp³-hybridized carbons (Fsp3) is 0.364. The molecular weight excluding hydrogens is 404 g/mol. The Labute approximate surface area is 177 Å². The second-order valence-corrected chi connectivity index (χ2v) is 9.54. The normalized spacial score (nSPS) is 15.6. The van der Waals surface area contributed by atoms with Crippen molar-refractivity contribution in [3.05, 3.63) is 53.6 Å². The van der Waals surface area contributed by atoms with Crippen LogP contribution in [0.15, 0.2) is 47.4 Å². The molecular formula is C22H26N2O5S. The van der Waals surface area contributed by atoms with E-state index in [1.54, 1.807) is 36.3 Å². The predicted molar refractivity (Wildman–Crippen MR) is 114 cm³/mol. The molecule has 1 atom stereocenters. The van der Waals surface area contributed by atoms with Crippen molar-refractivity contribution in [2.75, 3.05) is 17.8 Å². The van der Waals surface area contributed by atoms with Gasteiger partial charge in [-0.05, 0) is 54.8 Å². The second-order valence-electron chi connectivity index (χ2n) is 7.43. The molecule has 0 unspecified atom stereocenters. The van der Waals surface area contributed by atoms with Crippen LogP contribution in [-0.4, -0.2) is 39.1 Å². The Bertz CT molecular complexity index is 1050. The van der Waals surface area contributed by atoms with Crippen molar-refractivity contribution in [3.63, 3.8) is 0 Å². The molecule has 0 fully saturated rings. The van der Waals surface area contributed by atoms with Gasteiger partial charge < -0.3 is 15.0 Å². The number of anilines is 1. The zero-order chi connectivity index (χ0) is 21.9. The number of carbonyl (C=O) groups is 2. The molecule has 0 spiro atoms. The average Bonchev–Trinajstić information content (AvgIpc) is 3.06. The van der Waals surface area contributed by atoms with Gasteiger partial charge in [-0.1, -0.05) is 12.1 Å². The van der Waals surface area contributed by atoms with Crippen molar-refractivity contribution in [1.82, 2.24) is 5.32 Å². The van der Waals surface area contributed by atoms with E-state index in [1.165, 1.54) is 13.0 Å². The Morgan fingerprint density at radius 2 is 1.87 bits per heavy atom. The molecule has 0 bridgehead atoms. The van der Waals surface area contributed by atoms with Gasteiger partial charge in [0.05, 0.1) is 17.8 Å². The van der Waals surface area contributed by atoms with Crippen molar-refractivity contribution in [2.45, 2.75) is 44.2 Å². The summed E-state index contributed by atoms with van der Waals surface area (Å²) in [5, 5.41) is 2.74. The third-order valence-electron chi connectivity index (χ3n) is 5.21. The van der Waals surface area contributed by atoms with Crippen LogP contribution in [0.4, 0.5) is 5.69 Å². The SMILES string of the molecule is COc1ccc(CNC(=O)CCS(=O)(=O)c2ccc3c(c2)C[C@@H](C)N3C(C)=O)cc1. The molecule has 1 heterocycles. The molecule has 8 heteroatoms.